The van der Waals surface area contributed by atoms with Gasteiger partial charge in [0.25, 0.3) is 5.91 Å². The number of pyridine rings is 1. The molecule has 0 radical (unpaired) electrons. The Hall–Kier alpha value is -2.86. The van der Waals surface area contributed by atoms with Gasteiger partial charge in [-0.15, -0.1) is 0 Å². The first-order chi connectivity index (χ1) is 12.2. The van der Waals surface area contributed by atoms with Gasteiger partial charge in [0.2, 0.25) is 0 Å². The van der Waals surface area contributed by atoms with Crippen LogP contribution in [0.2, 0.25) is 0 Å². The van der Waals surface area contributed by atoms with Gasteiger partial charge >= 0.3 is 0 Å². The van der Waals surface area contributed by atoms with Crippen LogP contribution in [0.3, 0.4) is 0 Å². The normalized spacial score (nSPS) is 17.3. The highest BCUT2D eigenvalue weighted by atomic mass is 32.2. The maximum atomic E-state index is 12.5. The van der Waals surface area contributed by atoms with Gasteiger partial charge in [0, 0.05) is 18.8 Å². The number of thioether (sulfide) groups is 1. The number of ether oxygens (including phenoxy) is 1. The number of rotatable bonds is 5. The van der Waals surface area contributed by atoms with E-state index in [9.17, 15) is 4.79 Å². The van der Waals surface area contributed by atoms with Crippen molar-refractivity contribution in [3.05, 3.63) is 71.9 Å². The summed E-state index contributed by atoms with van der Waals surface area (Å²) < 4.78 is 5.65. The smallest absolute Gasteiger partial charge is 0.266 e. The number of nitrogens with zero attached hydrogens (tertiary/aromatic N) is 3. The fourth-order valence-electron chi connectivity index (χ4n) is 2.20. The molecule has 0 N–H and O–H groups in total. The van der Waals surface area contributed by atoms with Crippen molar-refractivity contribution in [1.82, 2.24) is 9.88 Å². The molecular formula is C19H17N3O2S. The Morgan fingerprint density at radius 2 is 2.16 bits per heavy atom. The minimum Gasteiger partial charge on any atom is -0.489 e. The summed E-state index contributed by atoms with van der Waals surface area (Å²) in [4.78, 5) is 23.2. The van der Waals surface area contributed by atoms with Crippen LogP contribution in [0.1, 0.15) is 5.56 Å². The molecule has 5 nitrogen and oxygen atoms in total. The molecule has 3 rings (SSSR count). The average molecular weight is 351 g/mol. The van der Waals surface area contributed by atoms with E-state index in [2.05, 4.69) is 16.6 Å². The molecule has 1 aromatic carbocycles. The third-order valence-corrected chi connectivity index (χ3v) is 4.50. The van der Waals surface area contributed by atoms with Crippen molar-refractivity contribution >= 4 is 34.6 Å². The molecule has 2 aromatic rings. The molecule has 25 heavy (non-hydrogen) atoms. The summed E-state index contributed by atoms with van der Waals surface area (Å²) in [7, 11) is 1.71. The van der Waals surface area contributed by atoms with Crippen LogP contribution in [0, 0.1) is 0 Å². The highest BCUT2D eigenvalue weighted by Gasteiger charge is 2.30. The Morgan fingerprint density at radius 3 is 2.92 bits per heavy atom. The number of hydrogen-bond acceptors (Lipinski definition) is 5. The Labute approximate surface area is 150 Å². The maximum Gasteiger partial charge on any atom is 0.266 e. The lowest BCUT2D eigenvalue weighted by Gasteiger charge is -2.07. The average Bonchev–Trinajstić information content (AvgIpc) is 2.90. The van der Waals surface area contributed by atoms with Crippen molar-refractivity contribution in [2.24, 2.45) is 4.99 Å². The highest BCUT2D eigenvalue weighted by molar-refractivity contribution is 8.18. The van der Waals surface area contributed by atoms with Crippen LogP contribution in [-0.4, -0.2) is 34.6 Å². The molecule has 1 aliphatic heterocycles. The van der Waals surface area contributed by atoms with Gasteiger partial charge in [-0.1, -0.05) is 30.9 Å². The van der Waals surface area contributed by atoms with Gasteiger partial charge in [0.05, 0.1) is 16.8 Å². The molecule has 0 saturated carbocycles. The first-order valence-electron chi connectivity index (χ1n) is 7.68. The van der Waals surface area contributed by atoms with Crippen LogP contribution < -0.4 is 4.74 Å². The lowest BCUT2D eigenvalue weighted by atomic mass is 10.2. The molecule has 1 aromatic heterocycles. The second-order valence-corrected chi connectivity index (χ2v) is 6.23. The largest absolute Gasteiger partial charge is 0.489 e. The van der Waals surface area contributed by atoms with Crippen LogP contribution in [-0.2, 0) is 4.79 Å². The number of amides is 1. The summed E-state index contributed by atoms with van der Waals surface area (Å²) in [5, 5.41) is 0.619. The number of para-hydroxylation sites is 1. The van der Waals surface area contributed by atoms with Crippen LogP contribution in [0.5, 0.6) is 5.75 Å². The van der Waals surface area contributed by atoms with E-state index >= 15 is 0 Å². The van der Waals surface area contributed by atoms with Gasteiger partial charge in [-0.3, -0.25) is 14.7 Å². The van der Waals surface area contributed by atoms with Gasteiger partial charge in [0.15, 0.2) is 5.17 Å². The minimum atomic E-state index is -0.0915. The molecule has 0 bridgehead atoms. The molecule has 1 aliphatic rings. The molecule has 0 aliphatic carbocycles. The second kappa shape index (κ2) is 7.81. The van der Waals surface area contributed by atoms with Crippen molar-refractivity contribution in [2.45, 2.75) is 0 Å². The van der Waals surface area contributed by atoms with Gasteiger partial charge in [-0.25, -0.2) is 4.99 Å². The topological polar surface area (TPSA) is 54.8 Å². The first-order valence-corrected chi connectivity index (χ1v) is 8.49. The van der Waals surface area contributed by atoms with Crippen molar-refractivity contribution < 1.29 is 9.53 Å². The van der Waals surface area contributed by atoms with Crippen LogP contribution in [0.15, 0.2) is 71.3 Å². The molecule has 1 fully saturated rings. The zero-order valence-electron chi connectivity index (χ0n) is 13.8. The van der Waals surface area contributed by atoms with Gasteiger partial charge in [-0.05, 0) is 36.0 Å². The zero-order valence-corrected chi connectivity index (χ0v) is 14.6. The minimum absolute atomic E-state index is 0.0915. The number of carbonyl (C=O) groups excluding carboxylic acids is 1. The fourth-order valence-corrected chi connectivity index (χ4v) is 3.18. The summed E-state index contributed by atoms with van der Waals surface area (Å²) in [6.07, 6.45) is 6.86. The van der Waals surface area contributed by atoms with Crippen molar-refractivity contribution in [3.63, 3.8) is 0 Å². The monoisotopic (exact) mass is 351 g/mol. The van der Waals surface area contributed by atoms with Gasteiger partial charge in [-0.2, -0.15) is 0 Å². The van der Waals surface area contributed by atoms with E-state index in [-0.39, 0.29) is 5.91 Å². The summed E-state index contributed by atoms with van der Waals surface area (Å²) in [5.41, 5.74) is 1.55. The number of aliphatic imine (C=N–C) groups is 1. The van der Waals surface area contributed by atoms with E-state index in [0.29, 0.717) is 28.1 Å². The standard InChI is InChI=1S/C19H17N3O2S/c1-3-11-24-16-9-5-4-7-14(16)12-17-18(23)22(2)19(25-17)21-15-8-6-10-20-13-15/h3-10,12-13H,1,11H2,2H3/b17-12-,21-19?. The lowest BCUT2D eigenvalue weighted by Crippen LogP contribution is -2.23. The number of aromatic nitrogens is 1. The predicted molar refractivity (Wildman–Crippen MR) is 102 cm³/mol. The fraction of sp³-hybridized carbons (Fsp3) is 0.105. The van der Waals surface area contributed by atoms with E-state index in [0.717, 1.165) is 5.56 Å². The summed E-state index contributed by atoms with van der Waals surface area (Å²) >= 11 is 1.33. The van der Waals surface area contributed by atoms with E-state index in [1.807, 2.05) is 42.5 Å². The van der Waals surface area contributed by atoms with E-state index in [1.165, 1.54) is 16.7 Å². The van der Waals surface area contributed by atoms with Crippen molar-refractivity contribution in [3.8, 4) is 5.75 Å². The van der Waals surface area contributed by atoms with E-state index in [1.54, 1.807) is 25.5 Å². The molecule has 1 saturated heterocycles. The Bertz CT molecular complexity index is 847. The highest BCUT2D eigenvalue weighted by Crippen LogP contribution is 2.34. The molecule has 126 valence electrons. The number of carbonyl (C=O) groups is 1. The quantitative estimate of drug-likeness (QED) is 0.606. The third kappa shape index (κ3) is 3.97. The molecule has 0 atom stereocenters. The summed E-state index contributed by atoms with van der Waals surface area (Å²) in [6, 6.07) is 11.2. The number of likely N-dealkylation sites (N-methyl/N-ethyl adjacent to an activating group) is 1. The van der Waals surface area contributed by atoms with Gasteiger partial charge in [0.1, 0.15) is 12.4 Å². The molecule has 2 heterocycles. The van der Waals surface area contributed by atoms with Crippen molar-refractivity contribution in [1.29, 1.82) is 0 Å². The zero-order chi connectivity index (χ0) is 17.6. The van der Waals surface area contributed by atoms with Crippen LogP contribution >= 0.6 is 11.8 Å². The maximum absolute atomic E-state index is 12.5. The number of amidine groups is 1. The number of benzene rings is 1. The van der Waals surface area contributed by atoms with E-state index < -0.39 is 0 Å². The molecular weight excluding hydrogens is 334 g/mol. The number of hydrogen-bond donors (Lipinski definition) is 0. The second-order valence-electron chi connectivity index (χ2n) is 5.22. The Morgan fingerprint density at radius 1 is 1.32 bits per heavy atom. The molecule has 6 heteroatoms. The van der Waals surface area contributed by atoms with Crippen molar-refractivity contribution in [2.75, 3.05) is 13.7 Å². The molecule has 0 unspecified atom stereocenters. The molecule has 0 spiro atoms. The first kappa shape index (κ1) is 17.0. The predicted octanol–water partition coefficient (Wildman–Crippen LogP) is 3.88. The van der Waals surface area contributed by atoms with E-state index in [4.69, 9.17) is 4.74 Å². The Kier molecular flexibility index (Phi) is 5.30. The summed E-state index contributed by atoms with van der Waals surface area (Å²) in [6.45, 7) is 4.07. The SMILES string of the molecule is C=CCOc1ccccc1/C=C1\SC(=Nc2cccnc2)N(C)C1=O. The van der Waals surface area contributed by atoms with Gasteiger partial charge < -0.3 is 4.74 Å². The molecule has 1 amide bonds. The Balaban J connectivity index is 1.89. The lowest BCUT2D eigenvalue weighted by molar-refractivity contribution is -0.121. The summed E-state index contributed by atoms with van der Waals surface area (Å²) in [5.74, 6) is 0.620. The third-order valence-electron chi connectivity index (χ3n) is 3.44. The van der Waals surface area contributed by atoms with Crippen LogP contribution in [0.4, 0.5) is 5.69 Å². The van der Waals surface area contributed by atoms with Crippen LogP contribution in [0.25, 0.3) is 6.08 Å².